The highest BCUT2D eigenvalue weighted by Gasteiger charge is 2.01. The summed E-state index contributed by atoms with van der Waals surface area (Å²) in [6.45, 7) is 5.57. The summed E-state index contributed by atoms with van der Waals surface area (Å²) in [6, 6.07) is 8.48. The minimum Gasteiger partial charge on any atom is -0.380 e. The highest BCUT2D eigenvalue weighted by molar-refractivity contribution is 5.22. The van der Waals surface area contributed by atoms with Crippen molar-refractivity contribution in [1.82, 2.24) is 14.9 Å². The molecule has 0 atom stereocenters. The Morgan fingerprint density at radius 3 is 2.90 bits per heavy atom. The van der Waals surface area contributed by atoms with Gasteiger partial charge in [-0.25, -0.2) is 4.98 Å². The molecule has 0 spiro atoms. The lowest BCUT2D eigenvalue weighted by Crippen LogP contribution is -2.15. The van der Waals surface area contributed by atoms with E-state index >= 15 is 0 Å². The fraction of sp³-hybridized carbons (Fsp3) is 0.438. The van der Waals surface area contributed by atoms with E-state index in [2.05, 4.69) is 46.1 Å². The molecule has 0 radical (unpaired) electrons. The summed E-state index contributed by atoms with van der Waals surface area (Å²) in [5.74, 6) is 0. The minimum absolute atomic E-state index is 0.664. The average Bonchev–Trinajstić information content (AvgIpc) is 2.88. The molecule has 2 aromatic rings. The van der Waals surface area contributed by atoms with Gasteiger partial charge in [-0.1, -0.05) is 31.2 Å². The fourth-order valence-electron chi connectivity index (χ4n) is 2.27. The summed E-state index contributed by atoms with van der Waals surface area (Å²) >= 11 is 0. The highest BCUT2D eigenvalue weighted by Crippen LogP contribution is 2.07. The van der Waals surface area contributed by atoms with E-state index in [1.807, 2.05) is 12.5 Å². The van der Waals surface area contributed by atoms with Gasteiger partial charge in [-0.15, -0.1) is 0 Å². The van der Waals surface area contributed by atoms with E-state index in [9.17, 15) is 0 Å². The zero-order chi connectivity index (χ0) is 14.2. The number of ether oxygens (including phenoxy) is 1. The number of rotatable bonds is 8. The summed E-state index contributed by atoms with van der Waals surface area (Å²) in [6.07, 6.45) is 4.96. The van der Waals surface area contributed by atoms with Crippen molar-refractivity contribution in [3.05, 3.63) is 53.6 Å². The molecule has 1 aromatic heterocycles. The van der Waals surface area contributed by atoms with E-state index < -0.39 is 0 Å². The molecule has 20 heavy (non-hydrogen) atoms. The van der Waals surface area contributed by atoms with Crippen molar-refractivity contribution in [2.24, 2.45) is 0 Å². The predicted octanol–water partition coefficient (Wildman–Crippen LogP) is 2.73. The van der Waals surface area contributed by atoms with Crippen LogP contribution < -0.4 is 5.32 Å². The molecule has 0 saturated heterocycles. The van der Waals surface area contributed by atoms with Crippen LogP contribution in [0.4, 0.5) is 0 Å². The van der Waals surface area contributed by atoms with E-state index in [1.165, 1.54) is 16.8 Å². The lowest BCUT2D eigenvalue weighted by molar-refractivity contribution is 0.185. The maximum atomic E-state index is 5.16. The van der Waals surface area contributed by atoms with Crippen LogP contribution in [0.1, 0.15) is 30.2 Å². The Balaban J connectivity index is 1.86. The van der Waals surface area contributed by atoms with Crippen molar-refractivity contribution >= 4 is 0 Å². The quantitative estimate of drug-likeness (QED) is 0.804. The average molecular weight is 273 g/mol. The summed E-state index contributed by atoms with van der Waals surface area (Å²) in [5.41, 5.74) is 3.73. The van der Waals surface area contributed by atoms with Gasteiger partial charge in [0, 0.05) is 32.9 Å². The summed E-state index contributed by atoms with van der Waals surface area (Å²) < 4.78 is 7.36. The third-order valence-corrected chi connectivity index (χ3v) is 3.20. The molecule has 0 aliphatic heterocycles. The van der Waals surface area contributed by atoms with E-state index in [-0.39, 0.29) is 0 Å². The van der Waals surface area contributed by atoms with Gasteiger partial charge in [0.1, 0.15) is 0 Å². The van der Waals surface area contributed by atoms with Crippen LogP contribution in [0.15, 0.2) is 36.8 Å². The van der Waals surface area contributed by atoms with Crippen LogP contribution in [0, 0.1) is 0 Å². The van der Waals surface area contributed by atoms with E-state index in [0.29, 0.717) is 6.61 Å². The molecule has 1 heterocycles. The van der Waals surface area contributed by atoms with Gasteiger partial charge in [0.2, 0.25) is 0 Å². The number of nitrogens with one attached hydrogen (secondary N) is 1. The van der Waals surface area contributed by atoms with Crippen molar-refractivity contribution in [3.63, 3.8) is 0 Å². The molecule has 1 aromatic carbocycles. The molecule has 0 bridgehead atoms. The Bertz CT molecular complexity index is 522. The molecule has 0 unspecified atom stereocenters. The van der Waals surface area contributed by atoms with Gasteiger partial charge in [0.15, 0.2) is 0 Å². The van der Waals surface area contributed by atoms with E-state index in [0.717, 1.165) is 26.1 Å². The molecule has 0 saturated carbocycles. The van der Waals surface area contributed by atoms with Gasteiger partial charge in [-0.05, 0) is 17.5 Å². The number of nitrogens with zero attached hydrogens (tertiary/aromatic N) is 2. The van der Waals surface area contributed by atoms with Crippen LogP contribution in [-0.4, -0.2) is 16.7 Å². The summed E-state index contributed by atoms with van der Waals surface area (Å²) in [5, 5.41) is 3.47. The van der Waals surface area contributed by atoms with Crippen molar-refractivity contribution in [3.8, 4) is 0 Å². The van der Waals surface area contributed by atoms with Gasteiger partial charge < -0.3 is 14.6 Å². The first-order valence-corrected chi connectivity index (χ1v) is 7.10. The van der Waals surface area contributed by atoms with Gasteiger partial charge in [-0.3, -0.25) is 0 Å². The zero-order valence-electron chi connectivity index (χ0n) is 12.3. The number of benzene rings is 1. The number of hydrogen-bond acceptors (Lipinski definition) is 3. The Labute approximate surface area is 120 Å². The van der Waals surface area contributed by atoms with Crippen molar-refractivity contribution in [2.75, 3.05) is 7.11 Å². The maximum Gasteiger partial charge on any atom is 0.0948 e. The van der Waals surface area contributed by atoms with E-state index in [1.54, 1.807) is 7.11 Å². The van der Waals surface area contributed by atoms with Crippen LogP contribution in [0.25, 0.3) is 0 Å². The first kappa shape index (κ1) is 14.8. The molecule has 0 aliphatic rings. The van der Waals surface area contributed by atoms with Crippen molar-refractivity contribution in [1.29, 1.82) is 0 Å². The smallest absolute Gasteiger partial charge is 0.0948 e. The van der Waals surface area contributed by atoms with Crippen LogP contribution in [0.5, 0.6) is 0 Å². The molecule has 0 amide bonds. The van der Waals surface area contributed by atoms with Crippen molar-refractivity contribution < 1.29 is 4.74 Å². The SMILES string of the molecule is CCCn1cncc1CNCc1cccc(COC)c1. The number of imidazole rings is 1. The second-order valence-corrected chi connectivity index (χ2v) is 4.93. The third-order valence-electron chi connectivity index (χ3n) is 3.20. The Morgan fingerprint density at radius 2 is 2.10 bits per heavy atom. The van der Waals surface area contributed by atoms with E-state index in [4.69, 9.17) is 4.74 Å². The Kier molecular flexibility index (Phi) is 5.77. The largest absolute Gasteiger partial charge is 0.380 e. The van der Waals surface area contributed by atoms with Gasteiger partial charge in [0.25, 0.3) is 0 Å². The van der Waals surface area contributed by atoms with Crippen LogP contribution >= 0.6 is 0 Å². The first-order chi connectivity index (χ1) is 9.83. The third kappa shape index (κ3) is 4.18. The molecule has 1 N–H and O–H groups in total. The predicted molar refractivity (Wildman–Crippen MR) is 80.2 cm³/mol. The first-order valence-electron chi connectivity index (χ1n) is 7.10. The molecule has 2 rings (SSSR count). The molecular weight excluding hydrogens is 250 g/mol. The second kappa shape index (κ2) is 7.82. The number of methoxy groups -OCH3 is 1. The van der Waals surface area contributed by atoms with Crippen LogP contribution in [-0.2, 0) is 31.0 Å². The molecule has 108 valence electrons. The molecule has 0 aliphatic carbocycles. The zero-order valence-corrected chi connectivity index (χ0v) is 12.3. The minimum atomic E-state index is 0.664. The molecule has 4 heteroatoms. The monoisotopic (exact) mass is 273 g/mol. The second-order valence-electron chi connectivity index (χ2n) is 4.93. The summed E-state index contributed by atoms with van der Waals surface area (Å²) in [4.78, 5) is 4.21. The molecular formula is C16H23N3O. The maximum absolute atomic E-state index is 5.16. The lowest BCUT2D eigenvalue weighted by Gasteiger charge is -2.09. The fourth-order valence-corrected chi connectivity index (χ4v) is 2.27. The van der Waals surface area contributed by atoms with Crippen LogP contribution in [0.3, 0.4) is 0 Å². The Hall–Kier alpha value is -1.65. The van der Waals surface area contributed by atoms with Gasteiger partial charge in [0.05, 0.1) is 18.6 Å². The molecule has 4 nitrogen and oxygen atoms in total. The summed E-state index contributed by atoms with van der Waals surface area (Å²) in [7, 11) is 1.72. The lowest BCUT2D eigenvalue weighted by atomic mass is 10.1. The topological polar surface area (TPSA) is 39.1 Å². The normalized spacial score (nSPS) is 10.9. The number of hydrogen-bond donors (Lipinski definition) is 1. The van der Waals surface area contributed by atoms with Crippen LogP contribution in [0.2, 0.25) is 0 Å². The number of aromatic nitrogens is 2. The van der Waals surface area contributed by atoms with Gasteiger partial charge >= 0.3 is 0 Å². The molecule has 0 fully saturated rings. The highest BCUT2D eigenvalue weighted by atomic mass is 16.5. The Morgan fingerprint density at radius 1 is 1.25 bits per heavy atom. The van der Waals surface area contributed by atoms with Crippen molar-refractivity contribution in [2.45, 2.75) is 39.6 Å². The van der Waals surface area contributed by atoms with Gasteiger partial charge in [-0.2, -0.15) is 0 Å². The number of aryl methyl sites for hydroxylation is 1. The standard InChI is InChI=1S/C16H23N3O/c1-3-7-19-13-18-11-16(19)10-17-9-14-5-4-6-15(8-14)12-20-2/h4-6,8,11,13,17H,3,7,9-10,12H2,1-2H3.